The van der Waals surface area contributed by atoms with Crippen molar-refractivity contribution in [3.63, 3.8) is 0 Å². The van der Waals surface area contributed by atoms with Crippen LogP contribution in [0.1, 0.15) is 41.0 Å². The molecule has 1 aromatic carbocycles. The van der Waals surface area contributed by atoms with Crippen molar-refractivity contribution in [3.8, 4) is 0 Å². The highest BCUT2D eigenvalue weighted by Crippen LogP contribution is 2.22. The van der Waals surface area contributed by atoms with Gasteiger partial charge in [0.15, 0.2) is 0 Å². The van der Waals surface area contributed by atoms with Crippen LogP contribution in [0.5, 0.6) is 0 Å². The summed E-state index contributed by atoms with van der Waals surface area (Å²) in [5.41, 5.74) is 6.11. The third-order valence-electron chi connectivity index (χ3n) is 3.52. The summed E-state index contributed by atoms with van der Waals surface area (Å²) in [4.78, 5) is 4.58. The number of pyridine rings is 1. The topological polar surface area (TPSA) is 24.9 Å². The Morgan fingerprint density at radius 1 is 1.20 bits per heavy atom. The third-order valence-corrected chi connectivity index (χ3v) is 4.01. The van der Waals surface area contributed by atoms with Crippen LogP contribution in [0.3, 0.4) is 0 Å². The number of nitrogens with one attached hydrogen (secondary N) is 1. The van der Waals surface area contributed by atoms with Gasteiger partial charge < -0.3 is 5.32 Å². The van der Waals surface area contributed by atoms with Crippen molar-refractivity contribution in [2.75, 3.05) is 0 Å². The van der Waals surface area contributed by atoms with Crippen molar-refractivity contribution in [1.82, 2.24) is 10.3 Å². The number of aromatic nitrogens is 1. The van der Waals surface area contributed by atoms with E-state index in [0.29, 0.717) is 6.04 Å². The molecule has 106 valence electrons. The van der Waals surface area contributed by atoms with Crippen LogP contribution in [0, 0.1) is 20.8 Å². The van der Waals surface area contributed by atoms with Crippen LogP contribution in [-0.2, 0) is 6.54 Å². The predicted octanol–water partition coefficient (Wildman–Crippen LogP) is 4.62. The van der Waals surface area contributed by atoms with Crippen LogP contribution < -0.4 is 5.32 Å². The van der Waals surface area contributed by atoms with Gasteiger partial charge in [0.2, 0.25) is 0 Å². The molecule has 1 atom stereocenters. The van der Waals surface area contributed by atoms with E-state index in [4.69, 9.17) is 0 Å². The predicted molar refractivity (Wildman–Crippen MR) is 87.8 cm³/mol. The van der Waals surface area contributed by atoms with Gasteiger partial charge in [-0.05, 0) is 62.6 Å². The fourth-order valence-electron chi connectivity index (χ4n) is 2.71. The number of nitrogens with zero attached hydrogens (tertiary/aromatic N) is 1. The van der Waals surface area contributed by atoms with Gasteiger partial charge in [-0.15, -0.1) is 0 Å². The second-order valence-electron chi connectivity index (χ2n) is 5.31. The molecule has 2 nitrogen and oxygen atoms in total. The Morgan fingerprint density at radius 2 is 1.95 bits per heavy atom. The SMILES string of the molecule is Cc1cc(C)c(C(C)NCc2cccc(Br)c2)c(C)n1. The van der Waals surface area contributed by atoms with E-state index in [1.165, 1.54) is 16.7 Å². The molecule has 0 saturated heterocycles. The molecule has 0 fully saturated rings. The second-order valence-corrected chi connectivity index (χ2v) is 6.23. The summed E-state index contributed by atoms with van der Waals surface area (Å²) in [6.45, 7) is 9.35. The lowest BCUT2D eigenvalue weighted by Crippen LogP contribution is -2.20. The molecule has 1 heterocycles. The second kappa shape index (κ2) is 6.51. The Kier molecular flexibility index (Phi) is 4.95. The van der Waals surface area contributed by atoms with Crippen molar-refractivity contribution in [3.05, 3.63) is 62.9 Å². The monoisotopic (exact) mass is 332 g/mol. The molecule has 2 aromatic rings. The molecule has 0 aliphatic heterocycles. The number of hydrogen-bond acceptors (Lipinski definition) is 2. The zero-order chi connectivity index (χ0) is 14.7. The molecular weight excluding hydrogens is 312 g/mol. The Balaban J connectivity index is 2.11. The molecule has 1 aromatic heterocycles. The van der Waals surface area contributed by atoms with E-state index in [1.54, 1.807) is 0 Å². The number of halogens is 1. The summed E-state index contributed by atoms with van der Waals surface area (Å²) in [6.07, 6.45) is 0. The highest BCUT2D eigenvalue weighted by atomic mass is 79.9. The summed E-state index contributed by atoms with van der Waals surface area (Å²) >= 11 is 3.51. The summed E-state index contributed by atoms with van der Waals surface area (Å²) < 4.78 is 1.12. The summed E-state index contributed by atoms with van der Waals surface area (Å²) in [5.74, 6) is 0. The van der Waals surface area contributed by atoms with Crippen molar-refractivity contribution in [1.29, 1.82) is 0 Å². The fourth-order valence-corrected chi connectivity index (χ4v) is 3.15. The molecule has 0 saturated carbocycles. The van der Waals surface area contributed by atoms with Gasteiger partial charge in [0.1, 0.15) is 0 Å². The van der Waals surface area contributed by atoms with Gasteiger partial charge >= 0.3 is 0 Å². The lowest BCUT2D eigenvalue weighted by Gasteiger charge is -2.19. The first kappa shape index (κ1) is 15.2. The molecule has 0 spiro atoms. The third kappa shape index (κ3) is 3.68. The molecule has 1 unspecified atom stereocenters. The minimum Gasteiger partial charge on any atom is -0.306 e. The summed E-state index contributed by atoms with van der Waals surface area (Å²) in [6, 6.07) is 10.8. The normalized spacial score (nSPS) is 12.4. The molecule has 0 aliphatic carbocycles. The average molecular weight is 333 g/mol. The zero-order valence-corrected chi connectivity index (χ0v) is 14.1. The van der Waals surface area contributed by atoms with Crippen LogP contribution in [0.4, 0.5) is 0 Å². The van der Waals surface area contributed by atoms with Gasteiger partial charge in [0, 0.05) is 28.4 Å². The first-order chi connectivity index (χ1) is 9.47. The summed E-state index contributed by atoms with van der Waals surface area (Å²) in [7, 11) is 0. The molecule has 0 amide bonds. The minimum absolute atomic E-state index is 0.294. The lowest BCUT2D eigenvalue weighted by atomic mass is 10.00. The van der Waals surface area contributed by atoms with E-state index in [1.807, 2.05) is 13.0 Å². The highest BCUT2D eigenvalue weighted by molar-refractivity contribution is 9.10. The molecule has 0 bridgehead atoms. The van der Waals surface area contributed by atoms with Gasteiger partial charge in [0.05, 0.1) is 0 Å². The van der Waals surface area contributed by atoms with Gasteiger partial charge in [-0.1, -0.05) is 28.1 Å². The lowest BCUT2D eigenvalue weighted by molar-refractivity contribution is 0.566. The maximum Gasteiger partial charge on any atom is 0.0426 e. The molecular formula is C17H21BrN2. The first-order valence-corrected chi connectivity index (χ1v) is 7.69. The number of hydrogen-bond donors (Lipinski definition) is 1. The number of benzene rings is 1. The highest BCUT2D eigenvalue weighted by Gasteiger charge is 2.12. The first-order valence-electron chi connectivity index (χ1n) is 6.90. The molecule has 3 heteroatoms. The van der Waals surface area contributed by atoms with Crippen molar-refractivity contribution in [2.24, 2.45) is 0 Å². The van der Waals surface area contributed by atoms with Crippen molar-refractivity contribution >= 4 is 15.9 Å². The minimum atomic E-state index is 0.294. The number of rotatable bonds is 4. The summed E-state index contributed by atoms with van der Waals surface area (Å²) in [5, 5.41) is 3.58. The molecule has 1 N–H and O–H groups in total. The standard InChI is InChI=1S/C17H21BrN2/c1-11-8-12(2)20-14(4)17(11)13(3)19-10-15-6-5-7-16(18)9-15/h5-9,13,19H,10H2,1-4H3. The van der Waals surface area contributed by atoms with E-state index < -0.39 is 0 Å². The Morgan fingerprint density at radius 3 is 2.60 bits per heavy atom. The van der Waals surface area contributed by atoms with Crippen LogP contribution >= 0.6 is 15.9 Å². The smallest absolute Gasteiger partial charge is 0.0426 e. The van der Waals surface area contributed by atoms with Crippen molar-refractivity contribution < 1.29 is 0 Å². The van der Waals surface area contributed by atoms with Crippen LogP contribution in [0.2, 0.25) is 0 Å². The Bertz CT molecular complexity index is 585. The van der Waals surface area contributed by atoms with Gasteiger partial charge in [-0.25, -0.2) is 0 Å². The molecule has 2 rings (SSSR count). The Hall–Kier alpha value is -1.19. The maximum absolute atomic E-state index is 4.58. The van der Waals surface area contributed by atoms with E-state index in [0.717, 1.165) is 22.4 Å². The van der Waals surface area contributed by atoms with E-state index in [9.17, 15) is 0 Å². The fraction of sp³-hybridized carbons (Fsp3) is 0.353. The quantitative estimate of drug-likeness (QED) is 0.883. The molecule has 0 radical (unpaired) electrons. The van der Waals surface area contributed by atoms with Gasteiger partial charge in [0.25, 0.3) is 0 Å². The van der Waals surface area contributed by atoms with Crippen LogP contribution in [-0.4, -0.2) is 4.98 Å². The van der Waals surface area contributed by atoms with E-state index in [-0.39, 0.29) is 0 Å². The van der Waals surface area contributed by atoms with E-state index in [2.05, 4.69) is 71.3 Å². The maximum atomic E-state index is 4.58. The van der Waals surface area contributed by atoms with Crippen LogP contribution in [0.15, 0.2) is 34.8 Å². The molecule has 0 aliphatic rings. The van der Waals surface area contributed by atoms with Gasteiger partial charge in [-0.2, -0.15) is 0 Å². The molecule has 20 heavy (non-hydrogen) atoms. The van der Waals surface area contributed by atoms with Crippen molar-refractivity contribution in [2.45, 2.75) is 40.3 Å². The average Bonchev–Trinajstić information content (AvgIpc) is 2.35. The zero-order valence-electron chi connectivity index (χ0n) is 12.5. The van der Waals surface area contributed by atoms with Gasteiger partial charge in [-0.3, -0.25) is 4.98 Å². The largest absolute Gasteiger partial charge is 0.306 e. The van der Waals surface area contributed by atoms with Crippen LogP contribution in [0.25, 0.3) is 0 Å². The Labute approximate surface area is 129 Å². The number of aryl methyl sites for hydroxylation is 3. The van der Waals surface area contributed by atoms with E-state index >= 15 is 0 Å².